The van der Waals surface area contributed by atoms with Gasteiger partial charge in [-0.05, 0) is 60.7 Å². The highest BCUT2D eigenvalue weighted by Crippen LogP contribution is 2.10. The number of halogens is 1. The highest BCUT2D eigenvalue weighted by atomic mass is 35.5. The zero-order valence-electron chi connectivity index (χ0n) is 14.0. The van der Waals surface area contributed by atoms with Crippen LogP contribution in [-0.2, 0) is 0 Å². The number of rotatable bonds is 6. The van der Waals surface area contributed by atoms with Crippen molar-refractivity contribution in [1.82, 2.24) is 15.2 Å². The average Bonchev–Trinajstić information content (AvgIpc) is 3.20. The molecule has 26 heavy (non-hydrogen) atoms. The Hall–Kier alpha value is -3.05. The lowest BCUT2D eigenvalue weighted by Crippen LogP contribution is -2.34. The van der Waals surface area contributed by atoms with E-state index in [1.54, 1.807) is 36.4 Å². The van der Waals surface area contributed by atoms with Crippen molar-refractivity contribution in [3.63, 3.8) is 0 Å². The van der Waals surface area contributed by atoms with Gasteiger partial charge in [-0.1, -0.05) is 11.6 Å². The molecule has 2 aromatic carbocycles. The molecule has 5 nitrogen and oxygen atoms in total. The van der Waals surface area contributed by atoms with Crippen LogP contribution in [0, 0.1) is 0 Å². The van der Waals surface area contributed by atoms with E-state index < -0.39 is 0 Å². The van der Waals surface area contributed by atoms with E-state index in [-0.39, 0.29) is 11.8 Å². The van der Waals surface area contributed by atoms with E-state index in [1.807, 2.05) is 41.2 Å². The minimum absolute atomic E-state index is 0.176. The fourth-order valence-corrected chi connectivity index (χ4v) is 2.58. The van der Waals surface area contributed by atoms with Gasteiger partial charge in [-0.2, -0.15) is 0 Å². The summed E-state index contributed by atoms with van der Waals surface area (Å²) >= 11 is 5.79. The third-order valence-electron chi connectivity index (χ3n) is 3.83. The molecular formula is C20H18ClN3O2. The summed E-state index contributed by atoms with van der Waals surface area (Å²) in [6.45, 7) is 0.687. The highest BCUT2D eigenvalue weighted by Gasteiger charge is 2.07. The highest BCUT2D eigenvalue weighted by molar-refractivity contribution is 6.30. The van der Waals surface area contributed by atoms with Crippen LogP contribution in [0.25, 0.3) is 5.69 Å². The Bertz CT molecular complexity index is 872. The molecule has 0 spiro atoms. The molecule has 2 N–H and O–H groups in total. The van der Waals surface area contributed by atoms with Crippen LogP contribution < -0.4 is 10.6 Å². The summed E-state index contributed by atoms with van der Waals surface area (Å²) in [5.41, 5.74) is 2.09. The summed E-state index contributed by atoms with van der Waals surface area (Å²) in [7, 11) is 0. The van der Waals surface area contributed by atoms with Crippen molar-refractivity contribution in [3.8, 4) is 5.69 Å². The lowest BCUT2D eigenvalue weighted by Gasteiger charge is -2.08. The van der Waals surface area contributed by atoms with E-state index in [2.05, 4.69) is 10.6 Å². The minimum atomic E-state index is -0.202. The first-order valence-electron chi connectivity index (χ1n) is 8.19. The first kappa shape index (κ1) is 17.8. The van der Waals surface area contributed by atoms with Crippen LogP contribution in [0.1, 0.15) is 20.7 Å². The normalized spacial score (nSPS) is 10.3. The second-order valence-corrected chi connectivity index (χ2v) is 6.09. The summed E-state index contributed by atoms with van der Waals surface area (Å²) in [5.74, 6) is -0.378. The smallest absolute Gasteiger partial charge is 0.251 e. The molecule has 0 fully saturated rings. The molecule has 1 aromatic heterocycles. The molecule has 0 radical (unpaired) electrons. The number of hydrogen-bond donors (Lipinski definition) is 2. The van der Waals surface area contributed by atoms with Crippen molar-refractivity contribution < 1.29 is 9.59 Å². The lowest BCUT2D eigenvalue weighted by molar-refractivity contribution is 0.0927. The van der Waals surface area contributed by atoms with Gasteiger partial charge < -0.3 is 15.2 Å². The SMILES string of the molecule is O=C(NCCNC(=O)c1ccc(-n2cccc2)cc1)c1ccc(Cl)cc1. The van der Waals surface area contributed by atoms with E-state index in [1.165, 1.54) is 0 Å². The molecule has 0 aliphatic rings. The topological polar surface area (TPSA) is 63.1 Å². The second kappa shape index (κ2) is 8.36. The molecule has 0 saturated heterocycles. The minimum Gasteiger partial charge on any atom is -0.350 e. The lowest BCUT2D eigenvalue weighted by atomic mass is 10.2. The largest absolute Gasteiger partial charge is 0.350 e. The molecule has 0 aliphatic carbocycles. The zero-order valence-corrected chi connectivity index (χ0v) is 14.7. The van der Waals surface area contributed by atoms with Gasteiger partial charge in [-0.3, -0.25) is 9.59 Å². The fourth-order valence-electron chi connectivity index (χ4n) is 2.45. The quantitative estimate of drug-likeness (QED) is 0.657. The maximum Gasteiger partial charge on any atom is 0.251 e. The van der Waals surface area contributed by atoms with Crippen LogP contribution in [-0.4, -0.2) is 29.5 Å². The van der Waals surface area contributed by atoms with E-state index in [4.69, 9.17) is 11.6 Å². The van der Waals surface area contributed by atoms with Crippen LogP contribution >= 0.6 is 11.6 Å². The maximum atomic E-state index is 12.1. The summed E-state index contributed by atoms with van der Waals surface area (Å²) in [5, 5.41) is 6.12. The summed E-state index contributed by atoms with van der Waals surface area (Å²) < 4.78 is 1.97. The molecule has 132 valence electrons. The van der Waals surface area contributed by atoms with Gasteiger partial charge in [-0.15, -0.1) is 0 Å². The molecule has 2 amide bonds. The van der Waals surface area contributed by atoms with Gasteiger partial charge >= 0.3 is 0 Å². The van der Waals surface area contributed by atoms with Crippen molar-refractivity contribution in [2.45, 2.75) is 0 Å². The Balaban J connectivity index is 1.45. The Morgan fingerprint density at radius 2 is 1.23 bits per heavy atom. The standard InChI is InChI=1S/C20H18ClN3O2/c21-17-7-3-15(4-8-17)19(25)22-11-12-23-20(26)16-5-9-18(10-6-16)24-13-1-2-14-24/h1-10,13-14H,11-12H2,(H,22,25)(H,23,26). The van der Waals surface area contributed by atoms with Crippen molar-refractivity contribution >= 4 is 23.4 Å². The predicted molar refractivity (Wildman–Crippen MR) is 102 cm³/mol. The third kappa shape index (κ3) is 4.52. The summed E-state index contributed by atoms with van der Waals surface area (Å²) in [6, 6.07) is 17.8. The number of hydrogen-bond acceptors (Lipinski definition) is 2. The Morgan fingerprint density at radius 1 is 0.769 bits per heavy atom. The van der Waals surface area contributed by atoms with E-state index in [0.717, 1.165) is 5.69 Å². The van der Waals surface area contributed by atoms with Crippen molar-refractivity contribution in [2.75, 3.05) is 13.1 Å². The maximum absolute atomic E-state index is 12.1. The number of aromatic nitrogens is 1. The molecule has 0 bridgehead atoms. The molecule has 3 rings (SSSR count). The monoisotopic (exact) mass is 367 g/mol. The third-order valence-corrected chi connectivity index (χ3v) is 4.09. The van der Waals surface area contributed by atoms with Crippen LogP contribution in [0.2, 0.25) is 5.02 Å². The van der Waals surface area contributed by atoms with Gasteiger partial charge in [0, 0.05) is 47.3 Å². The Labute approximate surface area is 156 Å². The predicted octanol–water partition coefficient (Wildman–Crippen LogP) is 3.29. The number of nitrogens with one attached hydrogen (secondary N) is 2. The van der Waals surface area contributed by atoms with Gasteiger partial charge in [-0.25, -0.2) is 0 Å². The van der Waals surface area contributed by atoms with Crippen LogP contribution in [0.3, 0.4) is 0 Å². The summed E-state index contributed by atoms with van der Waals surface area (Å²) in [4.78, 5) is 24.1. The average molecular weight is 368 g/mol. The molecule has 3 aromatic rings. The molecular weight excluding hydrogens is 350 g/mol. The van der Waals surface area contributed by atoms with Gasteiger partial charge in [0.1, 0.15) is 0 Å². The summed E-state index contributed by atoms with van der Waals surface area (Å²) in [6.07, 6.45) is 3.89. The van der Waals surface area contributed by atoms with Crippen molar-refractivity contribution in [3.05, 3.63) is 89.2 Å². The zero-order chi connectivity index (χ0) is 18.4. The van der Waals surface area contributed by atoms with E-state index in [9.17, 15) is 9.59 Å². The fraction of sp³-hybridized carbons (Fsp3) is 0.100. The van der Waals surface area contributed by atoms with Gasteiger partial charge in [0.05, 0.1) is 0 Å². The number of carbonyl (C=O) groups is 2. The van der Waals surface area contributed by atoms with E-state index >= 15 is 0 Å². The number of carbonyl (C=O) groups excluding carboxylic acids is 2. The van der Waals surface area contributed by atoms with Crippen LogP contribution in [0.15, 0.2) is 73.1 Å². The molecule has 1 heterocycles. The Morgan fingerprint density at radius 3 is 1.73 bits per heavy atom. The molecule has 6 heteroatoms. The van der Waals surface area contributed by atoms with Crippen molar-refractivity contribution in [1.29, 1.82) is 0 Å². The van der Waals surface area contributed by atoms with Crippen LogP contribution in [0.4, 0.5) is 0 Å². The second-order valence-electron chi connectivity index (χ2n) is 5.66. The Kier molecular flexibility index (Phi) is 5.71. The number of benzene rings is 2. The van der Waals surface area contributed by atoms with Gasteiger partial charge in [0.25, 0.3) is 11.8 Å². The molecule has 0 atom stereocenters. The molecule has 0 unspecified atom stereocenters. The van der Waals surface area contributed by atoms with Gasteiger partial charge in [0.2, 0.25) is 0 Å². The molecule has 0 saturated carbocycles. The number of amides is 2. The first-order chi connectivity index (χ1) is 12.6. The molecule has 0 aliphatic heterocycles. The van der Waals surface area contributed by atoms with E-state index in [0.29, 0.717) is 29.2 Å². The first-order valence-corrected chi connectivity index (χ1v) is 8.57. The number of nitrogens with zero attached hydrogens (tertiary/aromatic N) is 1. The van der Waals surface area contributed by atoms with Gasteiger partial charge in [0.15, 0.2) is 0 Å². The van der Waals surface area contributed by atoms with Crippen molar-refractivity contribution in [2.24, 2.45) is 0 Å². The van der Waals surface area contributed by atoms with Crippen LogP contribution in [0.5, 0.6) is 0 Å².